The van der Waals surface area contributed by atoms with Crippen molar-refractivity contribution in [3.63, 3.8) is 0 Å². The lowest BCUT2D eigenvalue weighted by Crippen LogP contribution is -2.75. The molecule has 0 unspecified atom stereocenters. The molecular weight excluding hydrogens is 390 g/mol. The van der Waals surface area contributed by atoms with E-state index in [1.165, 1.54) is 32.1 Å². The van der Waals surface area contributed by atoms with Gasteiger partial charge in [-0.3, -0.25) is 9.69 Å². The molecular formula is C25H35N3O3. The van der Waals surface area contributed by atoms with Gasteiger partial charge in [0.2, 0.25) is 0 Å². The van der Waals surface area contributed by atoms with Gasteiger partial charge in [-0.25, -0.2) is 0 Å². The van der Waals surface area contributed by atoms with Gasteiger partial charge in [0.25, 0.3) is 5.91 Å². The van der Waals surface area contributed by atoms with Gasteiger partial charge in [0.05, 0.1) is 19.3 Å². The molecule has 1 N–H and O–H groups in total. The summed E-state index contributed by atoms with van der Waals surface area (Å²) in [6.07, 6.45) is 10.8. The summed E-state index contributed by atoms with van der Waals surface area (Å²) in [5.74, 6) is 0.165. The van der Waals surface area contributed by atoms with E-state index < -0.39 is 0 Å². The van der Waals surface area contributed by atoms with Crippen LogP contribution in [0.3, 0.4) is 0 Å². The maximum absolute atomic E-state index is 13.1. The first-order valence-electron chi connectivity index (χ1n) is 11.9. The zero-order valence-corrected chi connectivity index (χ0v) is 18.6. The van der Waals surface area contributed by atoms with Crippen molar-refractivity contribution >= 4 is 16.8 Å². The highest BCUT2D eigenvalue weighted by molar-refractivity contribution is 5.98. The number of benzene rings is 1. The molecule has 2 aromatic rings. The number of methoxy groups -OCH3 is 1. The second kappa shape index (κ2) is 8.93. The van der Waals surface area contributed by atoms with Crippen LogP contribution in [0, 0.1) is 0 Å². The third-order valence-electron chi connectivity index (χ3n) is 7.85. The molecule has 0 radical (unpaired) electrons. The molecule has 1 spiro atoms. The Bertz CT molecular complexity index is 896. The fraction of sp³-hybridized carbons (Fsp3) is 0.640. The first kappa shape index (κ1) is 21.0. The number of nitrogens with zero attached hydrogens (tertiary/aromatic N) is 2. The number of aromatic amines is 1. The molecule has 2 aliphatic heterocycles. The number of hydrogen-bond acceptors (Lipinski definition) is 4. The van der Waals surface area contributed by atoms with Crippen LogP contribution >= 0.6 is 0 Å². The number of rotatable bonds is 6. The summed E-state index contributed by atoms with van der Waals surface area (Å²) in [5, 5.41) is 1.10. The maximum atomic E-state index is 13.1. The molecule has 168 valence electrons. The van der Waals surface area contributed by atoms with Crippen molar-refractivity contribution in [3.05, 3.63) is 36.0 Å². The van der Waals surface area contributed by atoms with Crippen LogP contribution in [0.2, 0.25) is 0 Å². The van der Waals surface area contributed by atoms with Crippen molar-refractivity contribution in [1.29, 1.82) is 0 Å². The number of ether oxygens (including phenoxy) is 2. The van der Waals surface area contributed by atoms with E-state index in [9.17, 15) is 4.79 Å². The molecule has 6 heteroatoms. The predicted octanol–water partition coefficient (Wildman–Crippen LogP) is 3.82. The second-order valence-corrected chi connectivity index (χ2v) is 9.47. The number of carbonyl (C=O) groups excluding carboxylic acids is 1. The Kier molecular flexibility index (Phi) is 6.04. The molecule has 1 amide bonds. The molecule has 1 saturated carbocycles. The molecule has 1 aromatic carbocycles. The predicted molar refractivity (Wildman–Crippen MR) is 121 cm³/mol. The molecule has 2 saturated heterocycles. The zero-order valence-electron chi connectivity index (χ0n) is 18.6. The number of H-pyrrole nitrogens is 1. The lowest BCUT2D eigenvalue weighted by molar-refractivity contribution is -0.203. The normalized spacial score (nSPS) is 24.5. The lowest BCUT2D eigenvalue weighted by Gasteiger charge is -2.63. The minimum absolute atomic E-state index is 0.165. The van der Waals surface area contributed by atoms with Gasteiger partial charge in [0.15, 0.2) is 0 Å². The summed E-state index contributed by atoms with van der Waals surface area (Å²) in [5.41, 5.74) is 2.10. The Labute approximate surface area is 184 Å². The highest BCUT2D eigenvalue weighted by Gasteiger charge is 2.56. The van der Waals surface area contributed by atoms with Gasteiger partial charge < -0.3 is 19.4 Å². The summed E-state index contributed by atoms with van der Waals surface area (Å²) in [6, 6.07) is 8.55. The molecule has 1 aliphatic carbocycles. The number of hydrogen-bond donors (Lipinski definition) is 1. The Balaban J connectivity index is 1.21. The summed E-state index contributed by atoms with van der Waals surface area (Å²) in [6.45, 7) is 4.08. The van der Waals surface area contributed by atoms with Crippen molar-refractivity contribution in [3.8, 4) is 0 Å². The molecule has 1 aromatic heterocycles. The zero-order chi connectivity index (χ0) is 21.3. The summed E-state index contributed by atoms with van der Waals surface area (Å²) < 4.78 is 11.4. The highest BCUT2D eigenvalue weighted by Crippen LogP contribution is 2.47. The third kappa shape index (κ3) is 3.90. The van der Waals surface area contributed by atoms with Crippen molar-refractivity contribution in [2.75, 3.05) is 40.0 Å². The summed E-state index contributed by atoms with van der Waals surface area (Å²) >= 11 is 0. The van der Waals surface area contributed by atoms with E-state index in [0.717, 1.165) is 48.9 Å². The van der Waals surface area contributed by atoms with Gasteiger partial charge in [0, 0.05) is 61.0 Å². The van der Waals surface area contributed by atoms with Crippen LogP contribution in [-0.2, 0) is 9.47 Å². The molecule has 5 rings (SSSR count). The van der Waals surface area contributed by atoms with E-state index >= 15 is 0 Å². The van der Waals surface area contributed by atoms with Gasteiger partial charge in [0.1, 0.15) is 0 Å². The number of likely N-dealkylation sites (tertiary alicyclic amines) is 2. The Morgan fingerprint density at radius 3 is 2.71 bits per heavy atom. The monoisotopic (exact) mass is 425 g/mol. The van der Waals surface area contributed by atoms with Crippen LogP contribution in [0.1, 0.15) is 55.3 Å². The van der Waals surface area contributed by atoms with Crippen LogP contribution < -0.4 is 0 Å². The van der Waals surface area contributed by atoms with Gasteiger partial charge in [-0.2, -0.15) is 0 Å². The van der Waals surface area contributed by atoms with E-state index in [1.54, 1.807) is 7.11 Å². The first-order chi connectivity index (χ1) is 15.2. The van der Waals surface area contributed by atoms with Crippen molar-refractivity contribution < 1.29 is 14.3 Å². The van der Waals surface area contributed by atoms with E-state index in [4.69, 9.17) is 9.47 Å². The SMILES string of the molecule is COCCO[C@H]1CN(C2CCN(C(=O)c3ccc4[nH]ccc4c3)CC2)C12CCCCC2. The number of fused-ring (bicyclic) bond motifs is 1. The maximum Gasteiger partial charge on any atom is 0.253 e. The summed E-state index contributed by atoms with van der Waals surface area (Å²) in [7, 11) is 1.73. The van der Waals surface area contributed by atoms with E-state index in [2.05, 4.69) is 9.88 Å². The fourth-order valence-corrected chi connectivity index (χ4v) is 6.12. The van der Waals surface area contributed by atoms with E-state index in [-0.39, 0.29) is 11.4 Å². The molecule has 31 heavy (non-hydrogen) atoms. The topological polar surface area (TPSA) is 57.8 Å². The standard InChI is InChI=1S/C25H35N3O3/c1-30-15-16-31-23-18-28(25(23)10-3-2-4-11-25)21-8-13-27(14-9-21)24(29)20-5-6-22-19(17-20)7-12-26-22/h5-7,12,17,21,23,26H,2-4,8-11,13-16,18H2,1H3/t23-/m0/s1. The molecule has 3 aliphatic rings. The Hall–Kier alpha value is -1.89. The van der Waals surface area contributed by atoms with Crippen molar-refractivity contribution in [1.82, 2.24) is 14.8 Å². The number of carbonyl (C=O) groups is 1. The van der Waals surface area contributed by atoms with Crippen molar-refractivity contribution in [2.24, 2.45) is 0 Å². The Morgan fingerprint density at radius 1 is 1.13 bits per heavy atom. The average Bonchev–Trinajstić information content (AvgIpc) is 3.29. The molecule has 3 fully saturated rings. The van der Waals surface area contributed by atoms with Crippen LogP contribution in [0.25, 0.3) is 10.9 Å². The second-order valence-electron chi connectivity index (χ2n) is 9.47. The smallest absolute Gasteiger partial charge is 0.253 e. The van der Waals surface area contributed by atoms with Gasteiger partial charge in [-0.15, -0.1) is 0 Å². The van der Waals surface area contributed by atoms with Crippen LogP contribution in [0.15, 0.2) is 30.5 Å². The number of nitrogens with one attached hydrogen (secondary N) is 1. The number of amides is 1. The average molecular weight is 426 g/mol. The molecule has 6 nitrogen and oxygen atoms in total. The lowest BCUT2D eigenvalue weighted by atomic mass is 9.69. The van der Waals surface area contributed by atoms with Crippen LogP contribution in [0.5, 0.6) is 0 Å². The number of piperidine rings is 1. The van der Waals surface area contributed by atoms with E-state index in [0.29, 0.717) is 25.4 Å². The van der Waals surface area contributed by atoms with Gasteiger partial charge in [-0.05, 0) is 49.9 Å². The third-order valence-corrected chi connectivity index (χ3v) is 7.85. The minimum atomic E-state index is 0.165. The largest absolute Gasteiger partial charge is 0.382 e. The molecule has 0 bridgehead atoms. The van der Waals surface area contributed by atoms with E-state index in [1.807, 2.05) is 35.4 Å². The van der Waals surface area contributed by atoms with Crippen LogP contribution in [-0.4, -0.2) is 78.3 Å². The quantitative estimate of drug-likeness (QED) is 0.715. The molecule has 3 heterocycles. The van der Waals surface area contributed by atoms with Gasteiger partial charge >= 0.3 is 0 Å². The number of aromatic nitrogens is 1. The van der Waals surface area contributed by atoms with Gasteiger partial charge in [-0.1, -0.05) is 19.3 Å². The minimum Gasteiger partial charge on any atom is -0.382 e. The fourth-order valence-electron chi connectivity index (χ4n) is 6.12. The van der Waals surface area contributed by atoms with Crippen molar-refractivity contribution in [2.45, 2.75) is 62.6 Å². The van der Waals surface area contributed by atoms with Crippen LogP contribution in [0.4, 0.5) is 0 Å². The summed E-state index contributed by atoms with van der Waals surface area (Å²) in [4.78, 5) is 21.1. The highest BCUT2D eigenvalue weighted by atomic mass is 16.5. The molecule has 1 atom stereocenters. The first-order valence-corrected chi connectivity index (χ1v) is 11.9. The Morgan fingerprint density at radius 2 is 1.94 bits per heavy atom.